The number of nitrogens with zero attached hydrogens (tertiary/aromatic N) is 2. The van der Waals surface area contributed by atoms with E-state index in [1.165, 1.54) is 0 Å². The summed E-state index contributed by atoms with van der Waals surface area (Å²) in [5.74, 6) is 0.411. The second kappa shape index (κ2) is 7.31. The zero-order valence-corrected chi connectivity index (χ0v) is 12.9. The van der Waals surface area contributed by atoms with Gasteiger partial charge in [-0.15, -0.1) is 0 Å². The number of hydrogen-bond donors (Lipinski definition) is 2. The SMILES string of the molecule is CCCNC(=O)C(C)N1CCN(c2ccc(O)cc2)CC1. The van der Waals surface area contributed by atoms with Crippen LogP contribution < -0.4 is 10.2 Å². The maximum absolute atomic E-state index is 12.0. The van der Waals surface area contributed by atoms with Gasteiger partial charge in [-0.1, -0.05) is 6.92 Å². The van der Waals surface area contributed by atoms with Gasteiger partial charge in [0.15, 0.2) is 0 Å². The molecule has 2 N–H and O–H groups in total. The number of nitrogens with one attached hydrogen (secondary N) is 1. The highest BCUT2D eigenvalue weighted by atomic mass is 16.3. The van der Waals surface area contributed by atoms with Crippen molar-refractivity contribution in [2.45, 2.75) is 26.3 Å². The molecule has 1 aliphatic rings. The first kappa shape index (κ1) is 15.6. The molecule has 0 radical (unpaired) electrons. The molecule has 5 nitrogen and oxygen atoms in total. The molecular formula is C16H25N3O2. The molecule has 1 unspecified atom stereocenters. The molecule has 1 fully saturated rings. The lowest BCUT2D eigenvalue weighted by atomic mass is 10.2. The minimum absolute atomic E-state index is 0.0708. The molecule has 1 aromatic carbocycles. The molecule has 1 saturated heterocycles. The maximum atomic E-state index is 12.0. The van der Waals surface area contributed by atoms with Crippen molar-refractivity contribution in [1.29, 1.82) is 0 Å². The van der Waals surface area contributed by atoms with E-state index in [1.54, 1.807) is 12.1 Å². The third kappa shape index (κ3) is 4.11. The van der Waals surface area contributed by atoms with Crippen LogP contribution in [0, 0.1) is 0 Å². The third-order valence-electron chi connectivity index (χ3n) is 4.01. The number of anilines is 1. The number of phenolic OH excluding ortho intramolecular Hbond substituents is 1. The van der Waals surface area contributed by atoms with Gasteiger partial charge < -0.3 is 15.3 Å². The van der Waals surface area contributed by atoms with Crippen LogP contribution in [0.2, 0.25) is 0 Å². The number of hydrogen-bond acceptors (Lipinski definition) is 4. The van der Waals surface area contributed by atoms with Gasteiger partial charge in [-0.3, -0.25) is 9.69 Å². The van der Waals surface area contributed by atoms with E-state index in [-0.39, 0.29) is 11.9 Å². The predicted octanol–water partition coefficient (Wildman–Crippen LogP) is 1.43. The molecule has 116 valence electrons. The Balaban J connectivity index is 1.85. The highest BCUT2D eigenvalue weighted by Crippen LogP contribution is 2.20. The fraction of sp³-hybridized carbons (Fsp3) is 0.562. The van der Waals surface area contributed by atoms with Gasteiger partial charge in [0, 0.05) is 38.4 Å². The largest absolute Gasteiger partial charge is 0.508 e. The number of carbonyl (C=O) groups is 1. The number of carbonyl (C=O) groups excluding carboxylic acids is 1. The van der Waals surface area contributed by atoms with Crippen LogP contribution in [0.1, 0.15) is 20.3 Å². The number of piperazine rings is 1. The molecule has 0 saturated carbocycles. The van der Waals surface area contributed by atoms with Gasteiger partial charge in [-0.05, 0) is 37.6 Å². The Hall–Kier alpha value is -1.75. The summed E-state index contributed by atoms with van der Waals surface area (Å²) in [7, 11) is 0. The van der Waals surface area contributed by atoms with Gasteiger partial charge in [0.1, 0.15) is 5.75 Å². The second-order valence-corrected chi connectivity index (χ2v) is 5.51. The average molecular weight is 291 g/mol. The Morgan fingerprint density at radius 3 is 2.43 bits per heavy atom. The summed E-state index contributed by atoms with van der Waals surface area (Å²) in [6.07, 6.45) is 0.965. The lowest BCUT2D eigenvalue weighted by Gasteiger charge is -2.38. The zero-order valence-electron chi connectivity index (χ0n) is 12.9. The number of phenols is 1. The Kier molecular flexibility index (Phi) is 5.44. The fourth-order valence-corrected chi connectivity index (χ4v) is 2.59. The van der Waals surface area contributed by atoms with E-state index >= 15 is 0 Å². The monoisotopic (exact) mass is 291 g/mol. The Morgan fingerprint density at radius 1 is 1.24 bits per heavy atom. The molecule has 1 amide bonds. The highest BCUT2D eigenvalue weighted by molar-refractivity contribution is 5.81. The molecule has 1 atom stereocenters. The lowest BCUT2D eigenvalue weighted by molar-refractivity contribution is -0.126. The molecular weight excluding hydrogens is 266 g/mol. The zero-order chi connectivity index (χ0) is 15.2. The van der Waals surface area contributed by atoms with Gasteiger partial charge in [0.2, 0.25) is 5.91 Å². The van der Waals surface area contributed by atoms with Crippen molar-refractivity contribution in [2.75, 3.05) is 37.6 Å². The Morgan fingerprint density at radius 2 is 1.86 bits per heavy atom. The van der Waals surface area contributed by atoms with Crippen LogP contribution >= 0.6 is 0 Å². The van der Waals surface area contributed by atoms with E-state index in [0.29, 0.717) is 5.75 Å². The first-order valence-corrected chi connectivity index (χ1v) is 7.67. The standard InChI is InChI=1S/C16H25N3O2/c1-3-8-17-16(21)13(2)18-9-11-19(12-10-18)14-4-6-15(20)7-5-14/h4-7,13,20H,3,8-12H2,1-2H3,(H,17,21). The van der Waals surface area contributed by atoms with E-state index < -0.39 is 0 Å². The molecule has 1 aliphatic heterocycles. The molecule has 21 heavy (non-hydrogen) atoms. The minimum atomic E-state index is -0.0708. The van der Waals surface area contributed by atoms with Crippen molar-refractivity contribution in [3.05, 3.63) is 24.3 Å². The Labute approximate surface area is 126 Å². The summed E-state index contributed by atoms with van der Waals surface area (Å²) in [6, 6.07) is 7.22. The van der Waals surface area contributed by atoms with Crippen molar-refractivity contribution in [3.8, 4) is 5.75 Å². The van der Waals surface area contributed by atoms with Crippen LogP contribution in [0.4, 0.5) is 5.69 Å². The van der Waals surface area contributed by atoms with Gasteiger partial charge in [-0.25, -0.2) is 0 Å². The fourth-order valence-electron chi connectivity index (χ4n) is 2.59. The van der Waals surface area contributed by atoms with Gasteiger partial charge in [0.05, 0.1) is 6.04 Å². The van der Waals surface area contributed by atoms with Crippen molar-refractivity contribution in [2.24, 2.45) is 0 Å². The van der Waals surface area contributed by atoms with Gasteiger partial charge in [-0.2, -0.15) is 0 Å². The summed E-state index contributed by atoms with van der Waals surface area (Å²) in [5.41, 5.74) is 1.12. The summed E-state index contributed by atoms with van der Waals surface area (Å²) in [5, 5.41) is 12.3. The topological polar surface area (TPSA) is 55.8 Å². The van der Waals surface area contributed by atoms with Crippen LogP contribution in [0.15, 0.2) is 24.3 Å². The first-order chi connectivity index (χ1) is 10.1. The minimum Gasteiger partial charge on any atom is -0.508 e. The van der Waals surface area contributed by atoms with E-state index in [4.69, 9.17) is 0 Å². The van der Waals surface area contributed by atoms with E-state index in [9.17, 15) is 9.90 Å². The molecule has 1 aromatic rings. The molecule has 2 rings (SSSR count). The third-order valence-corrected chi connectivity index (χ3v) is 4.01. The highest BCUT2D eigenvalue weighted by Gasteiger charge is 2.25. The van der Waals surface area contributed by atoms with E-state index in [2.05, 4.69) is 22.0 Å². The molecule has 0 aliphatic carbocycles. The molecule has 0 aromatic heterocycles. The molecule has 0 bridgehead atoms. The average Bonchev–Trinajstić information content (AvgIpc) is 2.53. The number of aromatic hydroxyl groups is 1. The van der Waals surface area contributed by atoms with Crippen LogP contribution in [-0.2, 0) is 4.79 Å². The molecule has 1 heterocycles. The maximum Gasteiger partial charge on any atom is 0.237 e. The Bertz CT molecular complexity index is 453. The van der Waals surface area contributed by atoms with Gasteiger partial charge >= 0.3 is 0 Å². The van der Waals surface area contributed by atoms with Crippen LogP contribution in [0.5, 0.6) is 5.75 Å². The smallest absolute Gasteiger partial charge is 0.237 e. The van der Waals surface area contributed by atoms with Gasteiger partial charge in [0.25, 0.3) is 0 Å². The summed E-state index contributed by atoms with van der Waals surface area (Å²) in [4.78, 5) is 16.5. The van der Waals surface area contributed by atoms with E-state index in [0.717, 1.165) is 44.8 Å². The summed E-state index contributed by atoms with van der Waals surface area (Å²) < 4.78 is 0. The lowest BCUT2D eigenvalue weighted by Crippen LogP contribution is -2.54. The van der Waals surface area contributed by atoms with Crippen molar-refractivity contribution < 1.29 is 9.90 Å². The normalized spacial score (nSPS) is 17.5. The second-order valence-electron chi connectivity index (χ2n) is 5.51. The first-order valence-electron chi connectivity index (χ1n) is 7.67. The van der Waals surface area contributed by atoms with E-state index in [1.807, 2.05) is 19.1 Å². The number of benzene rings is 1. The molecule has 5 heteroatoms. The summed E-state index contributed by atoms with van der Waals surface area (Å²) in [6.45, 7) is 8.33. The predicted molar refractivity (Wildman–Crippen MR) is 84.7 cm³/mol. The van der Waals surface area contributed by atoms with Crippen LogP contribution in [0.25, 0.3) is 0 Å². The number of amides is 1. The quantitative estimate of drug-likeness (QED) is 0.862. The van der Waals surface area contributed by atoms with Crippen LogP contribution in [0.3, 0.4) is 0 Å². The number of rotatable bonds is 5. The van der Waals surface area contributed by atoms with Crippen molar-refractivity contribution in [1.82, 2.24) is 10.2 Å². The molecule has 0 spiro atoms. The van der Waals surface area contributed by atoms with Crippen molar-refractivity contribution >= 4 is 11.6 Å². The van der Waals surface area contributed by atoms with Crippen molar-refractivity contribution in [3.63, 3.8) is 0 Å². The summed E-state index contributed by atoms with van der Waals surface area (Å²) >= 11 is 0. The van der Waals surface area contributed by atoms with Crippen LogP contribution in [-0.4, -0.2) is 54.7 Å².